The molecule has 0 unspecified atom stereocenters. The number of carbonyl (C=O) groups excluding carboxylic acids is 2. The highest BCUT2D eigenvalue weighted by Crippen LogP contribution is 2.31. The number of hydrogen-bond donors (Lipinski definition) is 1. The molecule has 2 amide bonds. The van der Waals surface area contributed by atoms with Crippen LogP contribution in [0.5, 0.6) is 0 Å². The molecular weight excluding hydrogens is 378 g/mol. The van der Waals surface area contributed by atoms with Gasteiger partial charge in [0, 0.05) is 37.6 Å². The van der Waals surface area contributed by atoms with E-state index in [-0.39, 0.29) is 17.6 Å². The first-order valence-electron chi connectivity index (χ1n) is 11.0. The molecule has 2 aliphatic rings. The zero-order valence-electron chi connectivity index (χ0n) is 17.9. The van der Waals surface area contributed by atoms with Crippen molar-refractivity contribution in [2.45, 2.75) is 39.5 Å². The summed E-state index contributed by atoms with van der Waals surface area (Å²) < 4.78 is 5.18. The fourth-order valence-corrected chi connectivity index (χ4v) is 4.29. The van der Waals surface area contributed by atoms with E-state index in [1.165, 1.54) is 6.26 Å². The van der Waals surface area contributed by atoms with Crippen molar-refractivity contribution in [2.24, 2.45) is 11.8 Å². The number of likely N-dealkylation sites (tertiary alicyclic amines) is 1. The van der Waals surface area contributed by atoms with E-state index in [0.29, 0.717) is 17.2 Å². The third-order valence-corrected chi connectivity index (χ3v) is 6.42. The first kappa shape index (κ1) is 20.5. The van der Waals surface area contributed by atoms with Crippen molar-refractivity contribution in [3.63, 3.8) is 0 Å². The molecule has 0 bridgehead atoms. The van der Waals surface area contributed by atoms with E-state index < -0.39 is 0 Å². The molecule has 1 aromatic carbocycles. The molecule has 2 saturated heterocycles. The molecule has 2 aromatic rings. The highest BCUT2D eigenvalue weighted by atomic mass is 16.3. The lowest BCUT2D eigenvalue weighted by Gasteiger charge is -2.35. The van der Waals surface area contributed by atoms with Crippen molar-refractivity contribution in [1.82, 2.24) is 4.90 Å². The van der Waals surface area contributed by atoms with E-state index in [1.54, 1.807) is 12.1 Å². The summed E-state index contributed by atoms with van der Waals surface area (Å²) in [7, 11) is 0. The standard InChI is InChI=1S/C24H31N3O3/c1-17-7-11-26(12-8-17)21-6-5-19(25-23(28)22-4-3-15-30-22)16-20(21)24(29)27-13-9-18(2)10-14-27/h3-6,15-18H,7-14H2,1-2H3,(H,25,28). The summed E-state index contributed by atoms with van der Waals surface area (Å²) in [6.45, 7) is 8.02. The van der Waals surface area contributed by atoms with Gasteiger partial charge in [0.15, 0.2) is 5.76 Å². The first-order valence-corrected chi connectivity index (χ1v) is 11.0. The molecule has 3 heterocycles. The quantitative estimate of drug-likeness (QED) is 0.799. The van der Waals surface area contributed by atoms with E-state index in [4.69, 9.17) is 4.42 Å². The predicted molar refractivity (Wildman–Crippen MR) is 118 cm³/mol. The molecule has 0 atom stereocenters. The van der Waals surface area contributed by atoms with Crippen molar-refractivity contribution in [1.29, 1.82) is 0 Å². The summed E-state index contributed by atoms with van der Waals surface area (Å²) in [6, 6.07) is 8.99. The number of nitrogens with one attached hydrogen (secondary N) is 1. The summed E-state index contributed by atoms with van der Waals surface area (Å²) >= 11 is 0. The number of benzene rings is 1. The summed E-state index contributed by atoms with van der Waals surface area (Å²) in [6.07, 6.45) is 5.81. The number of nitrogens with zero attached hydrogens (tertiary/aromatic N) is 2. The maximum atomic E-state index is 13.5. The van der Waals surface area contributed by atoms with Gasteiger partial charge in [-0.25, -0.2) is 0 Å². The van der Waals surface area contributed by atoms with Crippen LogP contribution in [0.3, 0.4) is 0 Å². The largest absolute Gasteiger partial charge is 0.459 e. The van der Waals surface area contributed by atoms with Gasteiger partial charge in [0.1, 0.15) is 0 Å². The molecule has 2 aliphatic heterocycles. The van der Waals surface area contributed by atoms with Crippen LogP contribution in [0.15, 0.2) is 41.0 Å². The number of piperidine rings is 2. The van der Waals surface area contributed by atoms with Gasteiger partial charge in [0.2, 0.25) is 0 Å². The predicted octanol–water partition coefficient (Wildman–Crippen LogP) is 4.64. The maximum Gasteiger partial charge on any atom is 0.291 e. The molecule has 30 heavy (non-hydrogen) atoms. The van der Waals surface area contributed by atoms with Crippen LogP contribution in [0.25, 0.3) is 0 Å². The normalized spacial score (nSPS) is 18.5. The zero-order chi connectivity index (χ0) is 21.1. The minimum atomic E-state index is -0.315. The second-order valence-electron chi connectivity index (χ2n) is 8.81. The van der Waals surface area contributed by atoms with Crippen LogP contribution in [0.2, 0.25) is 0 Å². The molecule has 0 saturated carbocycles. The van der Waals surface area contributed by atoms with Crippen LogP contribution in [0, 0.1) is 11.8 Å². The van der Waals surface area contributed by atoms with E-state index in [2.05, 4.69) is 24.1 Å². The fraction of sp³-hybridized carbons (Fsp3) is 0.500. The van der Waals surface area contributed by atoms with Crippen LogP contribution >= 0.6 is 0 Å². The Morgan fingerprint density at radius 2 is 1.63 bits per heavy atom. The minimum absolute atomic E-state index is 0.0598. The Morgan fingerprint density at radius 1 is 0.967 bits per heavy atom. The van der Waals surface area contributed by atoms with E-state index in [9.17, 15) is 9.59 Å². The highest BCUT2D eigenvalue weighted by Gasteiger charge is 2.27. The minimum Gasteiger partial charge on any atom is -0.459 e. The Bertz CT molecular complexity index is 877. The summed E-state index contributed by atoms with van der Waals surface area (Å²) in [5.41, 5.74) is 2.26. The maximum absolute atomic E-state index is 13.5. The lowest BCUT2D eigenvalue weighted by Crippen LogP contribution is -2.40. The molecular formula is C24H31N3O3. The number of hydrogen-bond acceptors (Lipinski definition) is 4. The van der Waals surface area contributed by atoms with Gasteiger partial charge < -0.3 is 19.5 Å². The van der Waals surface area contributed by atoms with Crippen molar-refractivity contribution >= 4 is 23.2 Å². The number of carbonyl (C=O) groups is 2. The number of anilines is 2. The van der Waals surface area contributed by atoms with E-state index in [0.717, 1.165) is 63.5 Å². The second-order valence-corrected chi connectivity index (χ2v) is 8.81. The van der Waals surface area contributed by atoms with Crippen molar-refractivity contribution in [3.05, 3.63) is 47.9 Å². The lowest BCUT2D eigenvalue weighted by molar-refractivity contribution is 0.0697. The van der Waals surface area contributed by atoms with Gasteiger partial charge in [-0.1, -0.05) is 13.8 Å². The summed E-state index contributed by atoms with van der Waals surface area (Å²) in [5.74, 6) is 1.38. The zero-order valence-corrected chi connectivity index (χ0v) is 17.9. The molecule has 6 nitrogen and oxygen atoms in total. The first-order chi connectivity index (χ1) is 14.5. The van der Waals surface area contributed by atoms with Crippen LogP contribution < -0.4 is 10.2 Å². The van der Waals surface area contributed by atoms with Gasteiger partial charge in [0.25, 0.3) is 11.8 Å². The third-order valence-electron chi connectivity index (χ3n) is 6.42. The lowest BCUT2D eigenvalue weighted by atomic mass is 9.96. The molecule has 4 rings (SSSR count). The van der Waals surface area contributed by atoms with Crippen LogP contribution in [0.1, 0.15) is 60.4 Å². The van der Waals surface area contributed by atoms with Crippen LogP contribution in [0.4, 0.5) is 11.4 Å². The average Bonchev–Trinajstić information content (AvgIpc) is 3.30. The van der Waals surface area contributed by atoms with Gasteiger partial charge in [-0.3, -0.25) is 9.59 Å². The number of furan rings is 1. The summed E-state index contributed by atoms with van der Waals surface area (Å²) in [4.78, 5) is 30.2. The second kappa shape index (κ2) is 8.94. The van der Waals surface area contributed by atoms with Gasteiger partial charge in [0.05, 0.1) is 11.8 Å². The molecule has 160 valence electrons. The van der Waals surface area contributed by atoms with E-state index in [1.807, 2.05) is 23.1 Å². The van der Waals surface area contributed by atoms with Crippen LogP contribution in [-0.4, -0.2) is 42.9 Å². The molecule has 0 spiro atoms. The van der Waals surface area contributed by atoms with Crippen molar-refractivity contribution in [3.8, 4) is 0 Å². The van der Waals surface area contributed by atoms with Gasteiger partial charge in [-0.2, -0.15) is 0 Å². The fourth-order valence-electron chi connectivity index (χ4n) is 4.29. The molecule has 1 N–H and O–H groups in total. The Hall–Kier alpha value is -2.76. The number of rotatable bonds is 4. The smallest absolute Gasteiger partial charge is 0.291 e. The molecule has 2 fully saturated rings. The average molecular weight is 410 g/mol. The van der Waals surface area contributed by atoms with Crippen molar-refractivity contribution in [2.75, 3.05) is 36.4 Å². The highest BCUT2D eigenvalue weighted by molar-refractivity contribution is 6.05. The third kappa shape index (κ3) is 4.53. The summed E-state index contributed by atoms with van der Waals surface area (Å²) in [5, 5.41) is 2.86. The molecule has 6 heteroatoms. The topological polar surface area (TPSA) is 65.8 Å². The molecule has 0 aliphatic carbocycles. The van der Waals surface area contributed by atoms with Crippen LogP contribution in [-0.2, 0) is 0 Å². The Kier molecular flexibility index (Phi) is 6.11. The van der Waals surface area contributed by atoms with E-state index >= 15 is 0 Å². The van der Waals surface area contributed by atoms with Crippen molar-refractivity contribution < 1.29 is 14.0 Å². The van der Waals surface area contributed by atoms with Gasteiger partial charge in [-0.05, 0) is 67.9 Å². The molecule has 1 aromatic heterocycles. The Balaban J connectivity index is 1.60. The molecule has 0 radical (unpaired) electrons. The van der Waals surface area contributed by atoms with Gasteiger partial charge >= 0.3 is 0 Å². The Morgan fingerprint density at radius 3 is 2.27 bits per heavy atom. The number of amides is 2. The monoisotopic (exact) mass is 409 g/mol. The van der Waals surface area contributed by atoms with Gasteiger partial charge in [-0.15, -0.1) is 0 Å². The SMILES string of the molecule is CC1CCN(C(=O)c2cc(NC(=O)c3ccco3)ccc2N2CCC(C)CC2)CC1. The Labute approximate surface area is 178 Å².